The minimum atomic E-state index is -0.0423. The van der Waals surface area contributed by atoms with E-state index in [1.165, 1.54) is 19.3 Å². The van der Waals surface area contributed by atoms with Crippen molar-refractivity contribution < 1.29 is 9.53 Å². The van der Waals surface area contributed by atoms with Crippen LogP contribution in [0, 0.1) is 6.92 Å². The smallest absolute Gasteiger partial charge is 0.323 e. The molecule has 3 rings (SSSR count). The maximum Gasteiger partial charge on any atom is 0.323 e. The standard InChI is InChI=1S/C17H28N4O2/c1-13-11-16(21(19-13)15-7-4-3-5-8-15)18-17(22)20-9-6-10-23-14(2)12-20/h11,14-15H,3-10,12H2,1-2H3,(H,18,22). The van der Waals surface area contributed by atoms with Gasteiger partial charge in [0.05, 0.1) is 17.8 Å². The van der Waals surface area contributed by atoms with E-state index in [9.17, 15) is 4.79 Å². The molecule has 0 spiro atoms. The number of aromatic nitrogens is 2. The van der Waals surface area contributed by atoms with Crippen molar-refractivity contribution in [1.29, 1.82) is 0 Å². The molecule has 128 valence electrons. The number of urea groups is 1. The lowest BCUT2D eigenvalue weighted by Gasteiger charge is -2.26. The summed E-state index contributed by atoms with van der Waals surface area (Å²) in [6, 6.07) is 2.35. The summed E-state index contributed by atoms with van der Waals surface area (Å²) in [6.07, 6.45) is 7.09. The lowest BCUT2D eigenvalue weighted by Crippen LogP contribution is -2.39. The fourth-order valence-electron chi connectivity index (χ4n) is 3.58. The number of carbonyl (C=O) groups excluding carboxylic acids is 1. The Labute approximate surface area is 138 Å². The molecular weight excluding hydrogens is 292 g/mol. The van der Waals surface area contributed by atoms with Crippen LogP contribution in [0.4, 0.5) is 10.6 Å². The predicted molar refractivity (Wildman–Crippen MR) is 89.7 cm³/mol. The van der Waals surface area contributed by atoms with Gasteiger partial charge in [-0.3, -0.25) is 5.32 Å². The fraction of sp³-hybridized carbons (Fsp3) is 0.765. The van der Waals surface area contributed by atoms with Gasteiger partial charge in [0, 0.05) is 25.8 Å². The molecule has 0 aromatic carbocycles. The van der Waals surface area contributed by atoms with Crippen molar-refractivity contribution in [2.45, 2.75) is 64.5 Å². The summed E-state index contributed by atoms with van der Waals surface area (Å²) in [5.41, 5.74) is 0.957. The van der Waals surface area contributed by atoms with Crippen LogP contribution >= 0.6 is 0 Å². The normalized spacial score (nSPS) is 23.6. The van der Waals surface area contributed by atoms with Gasteiger partial charge in [-0.25, -0.2) is 9.48 Å². The van der Waals surface area contributed by atoms with Crippen LogP contribution in [0.3, 0.4) is 0 Å². The topological polar surface area (TPSA) is 59.4 Å². The highest BCUT2D eigenvalue weighted by molar-refractivity contribution is 5.88. The Balaban J connectivity index is 1.70. The van der Waals surface area contributed by atoms with Crippen LogP contribution in [-0.4, -0.2) is 46.5 Å². The van der Waals surface area contributed by atoms with E-state index < -0.39 is 0 Å². The first-order chi connectivity index (χ1) is 11.1. The van der Waals surface area contributed by atoms with E-state index in [1.54, 1.807) is 0 Å². The summed E-state index contributed by atoms with van der Waals surface area (Å²) >= 11 is 0. The second-order valence-corrected chi connectivity index (χ2v) is 6.82. The van der Waals surface area contributed by atoms with Crippen molar-refractivity contribution in [3.05, 3.63) is 11.8 Å². The van der Waals surface area contributed by atoms with Gasteiger partial charge in [0.2, 0.25) is 0 Å². The van der Waals surface area contributed by atoms with Crippen LogP contribution in [0.2, 0.25) is 0 Å². The lowest BCUT2D eigenvalue weighted by molar-refractivity contribution is 0.0718. The summed E-state index contributed by atoms with van der Waals surface area (Å²) in [4.78, 5) is 14.5. The Kier molecular flexibility index (Phi) is 5.20. The first kappa shape index (κ1) is 16.3. The van der Waals surface area contributed by atoms with Gasteiger partial charge in [-0.15, -0.1) is 0 Å². The van der Waals surface area contributed by atoms with Crippen LogP contribution in [0.25, 0.3) is 0 Å². The summed E-state index contributed by atoms with van der Waals surface area (Å²) in [6.45, 7) is 6.11. The van der Waals surface area contributed by atoms with E-state index in [1.807, 2.05) is 29.5 Å². The number of aryl methyl sites for hydroxylation is 1. The van der Waals surface area contributed by atoms with E-state index in [-0.39, 0.29) is 12.1 Å². The van der Waals surface area contributed by atoms with Crippen LogP contribution in [0.15, 0.2) is 6.07 Å². The van der Waals surface area contributed by atoms with E-state index in [4.69, 9.17) is 4.74 Å². The molecule has 2 fully saturated rings. The molecule has 1 saturated carbocycles. The van der Waals surface area contributed by atoms with E-state index >= 15 is 0 Å². The molecule has 6 nitrogen and oxygen atoms in total. The maximum absolute atomic E-state index is 12.6. The van der Waals surface area contributed by atoms with Crippen molar-refractivity contribution in [3.8, 4) is 0 Å². The zero-order valence-electron chi connectivity index (χ0n) is 14.3. The molecule has 1 unspecified atom stereocenters. The van der Waals surface area contributed by atoms with Crippen molar-refractivity contribution >= 4 is 11.8 Å². The number of carbonyl (C=O) groups is 1. The van der Waals surface area contributed by atoms with Crippen molar-refractivity contribution in [2.24, 2.45) is 0 Å². The molecule has 23 heavy (non-hydrogen) atoms. The monoisotopic (exact) mass is 320 g/mol. The molecule has 2 amide bonds. The molecule has 0 radical (unpaired) electrons. The third-order valence-electron chi connectivity index (χ3n) is 4.75. The van der Waals surface area contributed by atoms with Crippen molar-refractivity contribution in [3.63, 3.8) is 0 Å². The molecule has 2 heterocycles. The van der Waals surface area contributed by atoms with Gasteiger partial charge in [-0.05, 0) is 33.1 Å². The van der Waals surface area contributed by atoms with Crippen LogP contribution in [0.1, 0.15) is 57.2 Å². The van der Waals surface area contributed by atoms with Gasteiger partial charge in [-0.1, -0.05) is 19.3 Å². The second kappa shape index (κ2) is 7.34. The Morgan fingerprint density at radius 1 is 1.30 bits per heavy atom. The predicted octanol–water partition coefficient (Wildman–Crippen LogP) is 3.34. The Morgan fingerprint density at radius 3 is 2.87 bits per heavy atom. The molecule has 1 atom stereocenters. The van der Waals surface area contributed by atoms with Crippen LogP contribution in [0.5, 0.6) is 0 Å². The molecule has 1 aliphatic carbocycles. The summed E-state index contributed by atoms with van der Waals surface area (Å²) < 4.78 is 7.65. The van der Waals surface area contributed by atoms with Crippen molar-refractivity contribution in [2.75, 3.05) is 25.0 Å². The summed E-state index contributed by atoms with van der Waals surface area (Å²) in [5.74, 6) is 0.831. The van der Waals surface area contributed by atoms with E-state index in [0.29, 0.717) is 12.6 Å². The van der Waals surface area contributed by atoms with Gasteiger partial charge in [0.1, 0.15) is 5.82 Å². The van der Waals surface area contributed by atoms with Crippen molar-refractivity contribution in [1.82, 2.24) is 14.7 Å². The molecule has 1 aromatic rings. The average molecular weight is 320 g/mol. The molecule has 1 saturated heterocycles. The third-order valence-corrected chi connectivity index (χ3v) is 4.75. The third kappa shape index (κ3) is 4.05. The highest BCUT2D eigenvalue weighted by Crippen LogP contribution is 2.30. The van der Waals surface area contributed by atoms with Gasteiger partial charge in [0.25, 0.3) is 0 Å². The number of rotatable bonds is 2. The molecule has 1 N–H and O–H groups in total. The number of ether oxygens (including phenoxy) is 1. The number of amides is 2. The van der Waals surface area contributed by atoms with Gasteiger partial charge >= 0.3 is 6.03 Å². The number of anilines is 1. The highest BCUT2D eigenvalue weighted by atomic mass is 16.5. The SMILES string of the molecule is Cc1cc(NC(=O)N2CCCOC(C)C2)n(C2CCCCC2)n1. The molecule has 1 aliphatic heterocycles. The average Bonchev–Trinajstić information content (AvgIpc) is 2.77. The molecule has 1 aromatic heterocycles. The summed E-state index contributed by atoms with van der Waals surface area (Å²) in [7, 11) is 0. The highest BCUT2D eigenvalue weighted by Gasteiger charge is 2.23. The number of hydrogen-bond acceptors (Lipinski definition) is 3. The number of nitrogens with zero attached hydrogens (tertiary/aromatic N) is 3. The minimum Gasteiger partial charge on any atom is -0.377 e. The maximum atomic E-state index is 12.6. The van der Waals surface area contributed by atoms with Crippen LogP contribution < -0.4 is 5.32 Å². The first-order valence-electron chi connectivity index (χ1n) is 8.87. The molecule has 6 heteroatoms. The second-order valence-electron chi connectivity index (χ2n) is 6.82. The Hall–Kier alpha value is -1.56. The van der Waals surface area contributed by atoms with Gasteiger partial charge in [-0.2, -0.15) is 5.10 Å². The molecular formula is C17H28N4O2. The fourth-order valence-corrected chi connectivity index (χ4v) is 3.58. The van der Waals surface area contributed by atoms with E-state index in [0.717, 1.165) is 43.9 Å². The number of hydrogen-bond donors (Lipinski definition) is 1. The van der Waals surface area contributed by atoms with E-state index in [2.05, 4.69) is 10.4 Å². The zero-order valence-corrected chi connectivity index (χ0v) is 14.3. The largest absolute Gasteiger partial charge is 0.377 e. The molecule has 0 bridgehead atoms. The van der Waals surface area contributed by atoms with Gasteiger partial charge in [0.15, 0.2) is 0 Å². The quantitative estimate of drug-likeness (QED) is 0.909. The first-order valence-corrected chi connectivity index (χ1v) is 8.87. The van der Waals surface area contributed by atoms with Crippen LogP contribution in [-0.2, 0) is 4.74 Å². The lowest BCUT2D eigenvalue weighted by atomic mass is 9.96. The number of nitrogens with one attached hydrogen (secondary N) is 1. The Morgan fingerprint density at radius 2 is 2.09 bits per heavy atom. The Bertz CT molecular complexity index is 537. The molecule has 2 aliphatic rings. The summed E-state index contributed by atoms with van der Waals surface area (Å²) in [5, 5.41) is 7.70. The zero-order chi connectivity index (χ0) is 16.2. The van der Waals surface area contributed by atoms with Gasteiger partial charge < -0.3 is 9.64 Å². The minimum absolute atomic E-state index is 0.0423.